The average molecular weight is 301 g/mol. The number of non-ortho nitro benzene ring substituents is 1. The molecular formula is C15H11NO6. The summed E-state index contributed by atoms with van der Waals surface area (Å²) in [6, 6.07) is 11.2. The van der Waals surface area contributed by atoms with Gasteiger partial charge in [-0.15, -0.1) is 0 Å². The Morgan fingerprint density at radius 2 is 1.82 bits per heavy atom. The third-order valence-electron chi connectivity index (χ3n) is 2.84. The number of ether oxygens (including phenoxy) is 1. The van der Waals surface area contributed by atoms with Crippen molar-refractivity contribution < 1.29 is 24.4 Å². The first kappa shape index (κ1) is 15.2. The molecule has 0 amide bonds. The number of carbonyl (C=O) groups excluding carboxylic acids is 2. The van der Waals surface area contributed by atoms with Crippen LogP contribution in [0.25, 0.3) is 0 Å². The Hall–Kier alpha value is -3.22. The molecular weight excluding hydrogens is 290 g/mol. The van der Waals surface area contributed by atoms with E-state index < -0.39 is 29.0 Å². The molecule has 0 aromatic heterocycles. The molecule has 0 spiro atoms. The van der Waals surface area contributed by atoms with Gasteiger partial charge in [-0.3, -0.25) is 14.9 Å². The summed E-state index contributed by atoms with van der Waals surface area (Å²) in [5.74, 6) is -1.88. The minimum atomic E-state index is -1.01. The van der Waals surface area contributed by atoms with Gasteiger partial charge >= 0.3 is 5.97 Å². The molecule has 1 N–H and O–H groups in total. The quantitative estimate of drug-likeness (QED) is 0.393. The highest BCUT2D eigenvalue weighted by atomic mass is 16.6. The van der Waals surface area contributed by atoms with Gasteiger partial charge in [-0.05, 0) is 6.07 Å². The Morgan fingerprint density at radius 3 is 2.45 bits per heavy atom. The number of nitro benzene ring substituents is 1. The lowest BCUT2D eigenvalue weighted by atomic mass is 10.1. The van der Waals surface area contributed by atoms with E-state index in [4.69, 9.17) is 4.74 Å². The molecule has 7 nitrogen and oxygen atoms in total. The van der Waals surface area contributed by atoms with E-state index in [2.05, 4.69) is 0 Å². The Labute approximate surface area is 124 Å². The number of nitrogens with zero attached hydrogens (tertiary/aromatic N) is 1. The number of hydrogen-bond donors (Lipinski definition) is 1. The Kier molecular flexibility index (Phi) is 4.47. The number of phenols is 1. The van der Waals surface area contributed by atoms with Crippen LogP contribution < -0.4 is 0 Å². The van der Waals surface area contributed by atoms with Crippen molar-refractivity contribution >= 4 is 17.4 Å². The number of ketones is 1. The molecule has 0 fully saturated rings. The zero-order chi connectivity index (χ0) is 16.1. The smallest absolute Gasteiger partial charge is 0.342 e. The molecule has 7 heteroatoms. The molecule has 0 heterocycles. The van der Waals surface area contributed by atoms with Gasteiger partial charge in [0.2, 0.25) is 0 Å². The molecule has 112 valence electrons. The van der Waals surface area contributed by atoms with Crippen molar-refractivity contribution in [3.63, 3.8) is 0 Å². The lowest BCUT2D eigenvalue weighted by Gasteiger charge is -2.06. The van der Waals surface area contributed by atoms with Crippen LogP contribution in [0.2, 0.25) is 0 Å². The molecule has 2 rings (SSSR count). The molecule has 0 aliphatic rings. The van der Waals surface area contributed by atoms with Gasteiger partial charge in [-0.1, -0.05) is 30.3 Å². The molecule has 0 saturated heterocycles. The summed E-state index contributed by atoms with van der Waals surface area (Å²) < 4.78 is 4.79. The van der Waals surface area contributed by atoms with Crippen LogP contribution >= 0.6 is 0 Å². The maximum Gasteiger partial charge on any atom is 0.342 e. The number of esters is 1. The number of nitro groups is 1. The number of phenolic OH excluding ortho intramolecular Hbond substituents is 1. The van der Waals surface area contributed by atoms with Crippen molar-refractivity contribution in [3.05, 3.63) is 69.8 Å². The van der Waals surface area contributed by atoms with Gasteiger partial charge in [-0.25, -0.2) is 4.79 Å². The van der Waals surface area contributed by atoms with Gasteiger partial charge in [0, 0.05) is 17.7 Å². The zero-order valence-corrected chi connectivity index (χ0v) is 11.3. The number of carbonyl (C=O) groups is 2. The number of rotatable bonds is 5. The fourth-order valence-corrected chi connectivity index (χ4v) is 1.72. The van der Waals surface area contributed by atoms with E-state index in [1.165, 1.54) is 0 Å². The summed E-state index contributed by atoms with van der Waals surface area (Å²) in [4.78, 5) is 33.6. The molecule has 0 unspecified atom stereocenters. The lowest BCUT2D eigenvalue weighted by molar-refractivity contribution is -0.384. The molecule has 2 aromatic carbocycles. The molecule has 0 bridgehead atoms. The molecule has 0 saturated carbocycles. The first-order valence-corrected chi connectivity index (χ1v) is 6.22. The molecule has 0 atom stereocenters. The first-order valence-electron chi connectivity index (χ1n) is 6.22. The molecule has 2 aromatic rings. The third-order valence-corrected chi connectivity index (χ3v) is 2.84. The topological polar surface area (TPSA) is 107 Å². The highest BCUT2D eigenvalue weighted by molar-refractivity contribution is 6.00. The SMILES string of the molecule is O=C(COC(=O)c1cc([N+](=O)[O-])ccc1O)c1ccccc1. The number of Topliss-reactive ketones (excluding diaryl/α,β-unsaturated/α-hetero) is 1. The average Bonchev–Trinajstić information content (AvgIpc) is 2.53. The van der Waals surface area contributed by atoms with Crippen molar-refractivity contribution in [1.82, 2.24) is 0 Å². The van der Waals surface area contributed by atoms with Crippen LogP contribution in [0.15, 0.2) is 48.5 Å². The van der Waals surface area contributed by atoms with Crippen LogP contribution in [0.4, 0.5) is 5.69 Å². The van der Waals surface area contributed by atoms with Gasteiger partial charge in [0.25, 0.3) is 5.69 Å². The van der Waals surface area contributed by atoms with Crippen LogP contribution in [-0.4, -0.2) is 28.4 Å². The van der Waals surface area contributed by atoms with E-state index >= 15 is 0 Å². The van der Waals surface area contributed by atoms with Gasteiger partial charge < -0.3 is 9.84 Å². The highest BCUT2D eigenvalue weighted by Gasteiger charge is 2.19. The maximum atomic E-state index is 11.8. The summed E-state index contributed by atoms with van der Waals surface area (Å²) in [6.45, 7) is -0.523. The Morgan fingerprint density at radius 1 is 1.14 bits per heavy atom. The Balaban J connectivity index is 2.08. The highest BCUT2D eigenvalue weighted by Crippen LogP contribution is 2.23. The summed E-state index contributed by atoms with van der Waals surface area (Å²) in [6.07, 6.45) is 0. The Bertz CT molecular complexity index is 726. The number of benzene rings is 2. The van der Waals surface area contributed by atoms with Crippen molar-refractivity contribution in [1.29, 1.82) is 0 Å². The molecule has 22 heavy (non-hydrogen) atoms. The van der Waals surface area contributed by atoms with Crippen LogP contribution in [0.5, 0.6) is 5.75 Å². The van der Waals surface area contributed by atoms with Crippen molar-refractivity contribution in [2.45, 2.75) is 0 Å². The second kappa shape index (κ2) is 6.49. The molecule has 0 aliphatic heterocycles. The van der Waals surface area contributed by atoms with Crippen LogP contribution in [0.3, 0.4) is 0 Å². The monoisotopic (exact) mass is 301 g/mol. The van der Waals surface area contributed by atoms with E-state index in [1.807, 2.05) is 0 Å². The van der Waals surface area contributed by atoms with Gasteiger partial charge in [-0.2, -0.15) is 0 Å². The van der Waals surface area contributed by atoms with Gasteiger partial charge in [0.1, 0.15) is 11.3 Å². The second-order valence-corrected chi connectivity index (χ2v) is 4.32. The van der Waals surface area contributed by atoms with Crippen molar-refractivity contribution in [3.8, 4) is 5.75 Å². The van der Waals surface area contributed by atoms with E-state index in [1.54, 1.807) is 30.3 Å². The van der Waals surface area contributed by atoms with Crippen molar-refractivity contribution in [2.75, 3.05) is 6.61 Å². The van der Waals surface area contributed by atoms with Crippen LogP contribution in [0, 0.1) is 10.1 Å². The fourth-order valence-electron chi connectivity index (χ4n) is 1.72. The first-order chi connectivity index (χ1) is 10.5. The van der Waals surface area contributed by atoms with Crippen molar-refractivity contribution in [2.24, 2.45) is 0 Å². The van der Waals surface area contributed by atoms with Crippen LogP contribution in [0.1, 0.15) is 20.7 Å². The molecule has 0 radical (unpaired) electrons. The zero-order valence-electron chi connectivity index (χ0n) is 11.3. The fraction of sp³-hybridized carbons (Fsp3) is 0.0667. The second-order valence-electron chi connectivity index (χ2n) is 4.32. The van der Waals surface area contributed by atoms with Gasteiger partial charge in [0.05, 0.1) is 4.92 Å². The summed E-state index contributed by atoms with van der Waals surface area (Å²) in [5.41, 5.74) is -0.354. The van der Waals surface area contributed by atoms with E-state index in [-0.39, 0.29) is 11.3 Å². The van der Waals surface area contributed by atoms with Gasteiger partial charge in [0.15, 0.2) is 12.4 Å². The maximum absolute atomic E-state index is 11.8. The normalized spacial score (nSPS) is 10.0. The third kappa shape index (κ3) is 3.45. The minimum Gasteiger partial charge on any atom is -0.507 e. The predicted octanol–water partition coefficient (Wildman–Crippen LogP) is 2.34. The van der Waals surface area contributed by atoms with E-state index in [0.717, 1.165) is 18.2 Å². The summed E-state index contributed by atoms with van der Waals surface area (Å²) >= 11 is 0. The lowest BCUT2D eigenvalue weighted by Crippen LogP contribution is -2.14. The molecule has 0 aliphatic carbocycles. The summed E-state index contributed by atoms with van der Waals surface area (Å²) in [7, 11) is 0. The van der Waals surface area contributed by atoms with Crippen LogP contribution in [-0.2, 0) is 4.74 Å². The standard InChI is InChI=1S/C15H11NO6/c17-13-7-6-11(16(20)21)8-12(13)15(19)22-9-14(18)10-4-2-1-3-5-10/h1-8,17H,9H2. The minimum absolute atomic E-state index is 0.362. The number of aromatic hydroxyl groups is 1. The number of hydrogen-bond acceptors (Lipinski definition) is 6. The largest absolute Gasteiger partial charge is 0.507 e. The predicted molar refractivity (Wildman–Crippen MR) is 75.8 cm³/mol. The summed E-state index contributed by atoms with van der Waals surface area (Å²) in [5, 5.41) is 20.2. The van der Waals surface area contributed by atoms with E-state index in [9.17, 15) is 24.8 Å². The van der Waals surface area contributed by atoms with E-state index in [0.29, 0.717) is 5.56 Å².